The summed E-state index contributed by atoms with van der Waals surface area (Å²) in [4.78, 5) is 15.1. The van der Waals surface area contributed by atoms with Crippen LogP contribution in [0.25, 0.3) is 0 Å². The second-order valence-electron chi connectivity index (χ2n) is 7.04. The van der Waals surface area contributed by atoms with Gasteiger partial charge in [0.1, 0.15) is 17.4 Å². The van der Waals surface area contributed by atoms with E-state index < -0.39 is 0 Å². The molecule has 0 unspecified atom stereocenters. The van der Waals surface area contributed by atoms with Gasteiger partial charge in [0.2, 0.25) is 0 Å². The lowest BCUT2D eigenvalue weighted by Crippen LogP contribution is -2.48. The van der Waals surface area contributed by atoms with Crippen LogP contribution in [0.2, 0.25) is 0 Å². The SMILES string of the molecule is CCc1noc(C)c1C(=O)N1C[C@@H](c2ccccc2)O[C@@H](C2CC2)C1. The Morgan fingerprint density at radius 3 is 2.68 bits per heavy atom. The second kappa shape index (κ2) is 6.64. The Hall–Kier alpha value is -2.14. The zero-order chi connectivity index (χ0) is 17.4. The average molecular weight is 340 g/mol. The van der Waals surface area contributed by atoms with Gasteiger partial charge in [-0.05, 0) is 37.7 Å². The maximum absolute atomic E-state index is 13.2. The Morgan fingerprint density at radius 2 is 2.00 bits per heavy atom. The van der Waals surface area contributed by atoms with E-state index in [9.17, 15) is 4.79 Å². The van der Waals surface area contributed by atoms with Crippen molar-refractivity contribution in [2.45, 2.75) is 45.3 Å². The number of morpholine rings is 1. The lowest BCUT2D eigenvalue weighted by atomic mass is 10.0. The first kappa shape index (κ1) is 16.3. The Bertz CT molecular complexity index is 752. The lowest BCUT2D eigenvalue weighted by Gasteiger charge is -2.38. The van der Waals surface area contributed by atoms with Crippen LogP contribution in [0.1, 0.15) is 53.2 Å². The van der Waals surface area contributed by atoms with Crippen molar-refractivity contribution in [1.29, 1.82) is 0 Å². The summed E-state index contributed by atoms with van der Waals surface area (Å²) in [6, 6.07) is 10.2. The Kier molecular flexibility index (Phi) is 4.34. The highest BCUT2D eigenvalue weighted by molar-refractivity contribution is 5.96. The van der Waals surface area contributed by atoms with Crippen molar-refractivity contribution in [3.05, 3.63) is 52.9 Å². The Labute approximate surface area is 147 Å². The van der Waals surface area contributed by atoms with Crippen molar-refractivity contribution >= 4 is 5.91 Å². The van der Waals surface area contributed by atoms with Gasteiger partial charge in [-0.25, -0.2) is 0 Å². The topological polar surface area (TPSA) is 55.6 Å². The molecule has 1 aliphatic heterocycles. The van der Waals surface area contributed by atoms with Gasteiger partial charge in [-0.15, -0.1) is 0 Å². The summed E-state index contributed by atoms with van der Waals surface area (Å²) in [6.07, 6.45) is 3.13. The van der Waals surface area contributed by atoms with E-state index in [4.69, 9.17) is 9.26 Å². The smallest absolute Gasteiger partial charge is 0.259 e. The van der Waals surface area contributed by atoms with Gasteiger partial charge >= 0.3 is 0 Å². The van der Waals surface area contributed by atoms with Gasteiger partial charge in [-0.2, -0.15) is 0 Å². The molecule has 1 aromatic heterocycles. The van der Waals surface area contributed by atoms with Crippen LogP contribution >= 0.6 is 0 Å². The molecule has 5 heteroatoms. The maximum atomic E-state index is 13.2. The van der Waals surface area contributed by atoms with Crippen LogP contribution in [-0.4, -0.2) is 35.2 Å². The number of aromatic nitrogens is 1. The van der Waals surface area contributed by atoms with E-state index in [1.54, 1.807) is 0 Å². The predicted octanol–water partition coefficient (Wildman–Crippen LogP) is 3.54. The van der Waals surface area contributed by atoms with Gasteiger partial charge < -0.3 is 14.2 Å². The van der Waals surface area contributed by atoms with Crippen molar-refractivity contribution < 1.29 is 14.1 Å². The molecule has 2 fully saturated rings. The first-order chi connectivity index (χ1) is 12.2. The normalized spacial score (nSPS) is 23.7. The zero-order valence-corrected chi connectivity index (χ0v) is 14.8. The van der Waals surface area contributed by atoms with Crippen molar-refractivity contribution in [2.24, 2.45) is 5.92 Å². The van der Waals surface area contributed by atoms with E-state index in [0.29, 0.717) is 36.8 Å². The molecule has 0 N–H and O–H groups in total. The third-order valence-corrected chi connectivity index (χ3v) is 5.21. The molecule has 2 heterocycles. The van der Waals surface area contributed by atoms with E-state index in [1.807, 2.05) is 36.9 Å². The van der Waals surface area contributed by atoms with E-state index in [2.05, 4.69) is 17.3 Å². The number of ether oxygens (including phenoxy) is 1. The molecule has 0 spiro atoms. The molecule has 132 valence electrons. The summed E-state index contributed by atoms with van der Waals surface area (Å²) < 4.78 is 11.6. The van der Waals surface area contributed by atoms with Gasteiger partial charge in [-0.1, -0.05) is 42.4 Å². The summed E-state index contributed by atoms with van der Waals surface area (Å²) >= 11 is 0. The van der Waals surface area contributed by atoms with E-state index in [1.165, 1.54) is 12.8 Å². The Morgan fingerprint density at radius 1 is 1.24 bits per heavy atom. The van der Waals surface area contributed by atoms with Crippen LogP contribution in [0.4, 0.5) is 0 Å². The van der Waals surface area contributed by atoms with E-state index >= 15 is 0 Å². The number of carbonyl (C=O) groups is 1. The molecule has 4 rings (SSSR count). The molecular weight excluding hydrogens is 316 g/mol. The minimum atomic E-state index is -0.0743. The molecular formula is C20H24N2O3. The molecule has 1 amide bonds. The van der Waals surface area contributed by atoms with Crippen LogP contribution in [0.3, 0.4) is 0 Å². The molecule has 5 nitrogen and oxygen atoms in total. The number of carbonyl (C=O) groups excluding carboxylic acids is 1. The number of hydrogen-bond acceptors (Lipinski definition) is 4. The molecule has 1 saturated heterocycles. The van der Waals surface area contributed by atoms with Crippen LogP contribution in [0.5, 0.6) is 0 Å². The minimum Gasteiger partial charge on any atom is -0.366 e. The highest BCUT2D eigenvalue weighted by Crippen LogP contribution is 2.39. The van der Waals surface area contributed by atoms with Crippen molar-refractivity contribution in [3.63, 3.8) is 0 Å². The van der Waals surface area contributed by atoms with Gasteiger partial charge in [0.05, 0.1) is 18.3 Å². The highest BCUT2D eigenvalue weighted by Gasteiger charge is 2.41. The van der Waals surface area contributed by atoms with Crippen molar-refractivity contribution in [3.8, 4) is 0 Å². The summed E-state index contributed by atoms with van der Waals surface area (Å²) in [7, 11) is 0. The number of amides is 1. The standard InChI is InChI=1S/C20H24N2O3/c1-3-16-19(13(2)25-21-16)20(23)22-11-17(14-7-5-4-6-8-14)24-18(12-22)15-9-10-15/h4-8,15,17-18H,3,9-12H2,1-2H3/t17-,18+/m0/s1. The molecule has 1 aromatic carbocycles. The fourth-order valence-electron chi connectivity index (χ4n) is 3.63. The first-order valence-electron chi connectivity index (χ1n) is 9.12. The monoisotopic (exact) mass is 340 g/mol. The zero-order valence-electron chi connectivity index (χ0n) is 14.8. The number of rotatable bonds is 4. The van der Waals surface area contributed by atoms with E-state index in [0.717, 1.165) is 11.3 Å². The lowest BCUT2D eigenvalue weighted by molar-refractivity contribution is -0.0864. The molecule has 25 heavy (non-hydrogen) atoms. The van der Waals surface area contributed by atoms with Crippen LogP contribution < -0.4 is 0 Å². The number of nitrogens with zero attached hydrogens (tertiary/aromatic N) is 2. The number of benzene rings is 1. The summed E-state index contributed by atoms with van der Waals surface area (Å²) in [6.45, 7) is 5.03. The fourth-order valence-corrected chi connectivity index (χ4v) is 3.63. The quantitative estimate of drug-likeness (QED) is 0.854. The van der Waals surface area contributed by atoms with Crippen LogP contribution in [0.15, 0.2) is 34.9 Å². The number of hydrogen-bond donors (Lipinski definition) is 0. The Balaban J connectivity index is 1.61. The third-order valence-electron chi connectivity index (χ3n) is 5.21. The van der Waals surface area contributed by atoms with Gasteiger partial charge in [0.25, 0.3) is 5.91 Å². The summed E-state index contributed by atoms with van der Waals surface area (Å²) in [5, 5.41) is 4.04. The van der Waals surface area contributed by atoms with Gasteiger partial charge in [-0.3, -0.25) is 4.79 Å². The molecule has 2 atom stereocenters. The van der Waals surface area contributed by atoms with Crippen molar-refractivity contribution in [1.82, 2.24) is 10.1 Å². The maximum Gasteiger partial charge on any atom is 0.259 e. The van der Waals surface area contributed by atoms with E-state index in [-0.39, 0.29) is 18.1 Å². The first-order valence-corrected chi connectivity index (χ1v) is 9.12. The summed E-state index contributed by atoms with van der Waals surface area (Å²) in [5.74, 6) is 1.20. The molecule has 0 radical (unpaired) electrons. The summed E-state index contributed by atoms with van der Waals surface area (Å²) in [5.41, 5.74) is 2.50. The third kappa shape index (κ3) is 3.21. The predicted molar refractivity (Wildman–Crippen MR) is 93.3 cm³/mol. The van der Waals surface area contributed by atoms with Crippen LogP contribution in [-0.2, 0) is 11.2 Å². The molecule has 1 saturated carbocycles. The molecule has 2 aromatic rings. The number of aryl methyl sites for hydroxylation is 2. The van der Waals surface area contributed by atoms with Gasteiger partial charge in [0, 0.05) is 6.54 Å². The van der Waals surface area contributed by atoms with Crippen molar-refractivity contribution in [2.75, 3.05) is 13.1 Å². The second-order valence-corrected chi connectivity index (χ2v) is 7.04. The highest BCUT2D eigenvalue weighted by atomic mass is 16.5. The molecule has 2 aliphatic rings. The minimum absolute atomic E-state index is 0.0190. The average Bonchev–Trinajstić information content (AvgIpc) is 3.44. The van der Waals surface area contributed by atoms with Gasteiger partial charge in [0.15, 0.2) is 0 Å². The fraction of sp³-hybridized carbons (Fsp3) is 0.500. The molecule has 1 aliphatic carbocycles. The van der Waals surface area contributed by atoms with Crippen LogP contribution in [0, 0.1) is 12.8 Å². The largest absolute Gasteiger partial charge is 0.366 e. The molecule has 0 bridgehead atoms.